The van der Waals surface area contributed by atoms with Crippen LogP contribution in [0.4, 0.5) is 5.82 Å². The number of hydrogen-bond acceptors (Lipinski definition) is 6. The Kier molecular flexibility index (Phi) is 2.88. The number of carbonyl (C=O) groups excluding carboxylic acids is 1. The number of carbonyl (C=O) groups is 1. The molecule has 1 fully saturated rings. The molecule has 8 nitrogen and oxygen atoms in total. The smallest absolute Gasteiger partial charge is 0.240 e. The molecule has 0 aliphatic carbocycles. The number of aromatic amines is 1. The van der Waals surface area contributed by atoms with Gasteiger partial charge in [-0.3, -0.25) is 4.79 Å². The second-order valence-electron chi connectivity index (χ2n) is 5.25. The van der Waals surface area contributed by atoms with Crippen molar-refractivity contribution in [3.05, 3.63) is 25.0 Å². The summed E-state index contributed by atoms with van der Waals surface area (Å²) in [5, 5.41) is 9.89. The number of amides is 1. The molecule has 111 valence electrons. The summed E-state index contributed by atoms with van der Waals surface area (Å²) in [4.78, 5) is 25.3. The summed E-state index contributed by atoms with van der Waals surface area (Å²) in [7, 11) is 0. The molecule has 22 heavy (non-hydrogen) atoms. The van der Waals surface area contributed by atoms with E-state index in [1.165, 1.54) is 6.33 Å². The van der Waals surface area contributed by atoms with Crippen LogP contribution in [-0.4, -0.2) is 43.6 Å². The number of nitrogens with one attached hydrogen (secondary N) is 1. The Morgan fingerprint density at radius 1 is 1.36 bits per heavy atom. The summed E-state index contributed by atoms with van der Waals surface area (Å²) in [6.45, 7) is 0.713. The van der Waals surface area contributed by atoms with Crippen LogP contribution in [0.5, 0.6) is 0 Å². The lowest BCUT2D eigenvalue weighted by atomic mass is 10.0. The fourth-order valence-electron chi connectivity index (χ4n) is 2.96. The lowest BCUT2D eigenvalue weighted by molar-refractivity contribution is -0.118. The van der Waals surface area contributed by atoms with Crippen molar-refractivity contribution in [2.75, 3.05) is 11.4 Å². The number of primary amides is 1. The van der Waals surface area contributed by atoms with Gasteiger partial charge in [0.25, 0.3) is 0 Å². The van der Waals surface area contributed by atoms with Crippen molar-refractivity contribution in [2.45, 2.75) is 18.9 Å². The third kappa shape index (κ3) is 1.87. The molecule has 1 saturated heterocycles. The largest absolute Gasteiger partial charge is 0.368 e. The summed E-state index contributed by atoms with van der Waals surface area (Å²) in [5.74, 6) is 0.294. The first-order valence-electron chi connectivity index (χ1n) is 7.09. The molecule has 3 N–H and O–H groups in total. The molecule has 4 heterocycles. The number of rotatable bonds is 2. The number of hydrogen-bond donors (Lipinski definition) is 2. The molecule has 1 aliphatic heterocycles. The van der Waals surface area contributed by atoms with Gasteiger partial charge in [0, 0.05) is 18.1 Å². The average Bonchev–Trinajstić information content (AvgIpc) is 3.03. The molecule has 1 radical (unpaired) electrons. The second-order valence-corrected chi connectivity index (χ2v) is 5.25. The molecule has 0 aromatic carbocycles. The normalized spacial score (nSPS) is 18.9. The number of nitrogens with two attached hydrogens (primary N) is 1. The number of piperidine rings is 1. The van der Waals surface area contributed by atoms with Crippen molar-refractivity contribution >= 4 is 33.8 Å². The van der Waals surface area contributed by atoms with Crippen LogP contribution in [0, 0.1) is 6.42 Å². The molecule has 1 aliphatic rings. The molecule has 0 spiro atoms. The Morgan fingerprint density at radius 3 is 3.14 bits per heavy atom. The first-order valence-corrected chi connectivity index (χ1v) is 7.09. The van der Waals surface area contributed by atoms with E-state index in [4.69, 9.17) is 5.73 Å². The standard InChI is InChI=1S/C14H14N7O/c15-11(22)9-3-1-2-6-21(9)14-10-8-4-5-16-12(8)19-20-13(10)17-7-18-14/h3-5,7,9H,1-2,6H2,(H2,15,22)(H,16,19). The molecule has 1 atom stereocenters. The Labute approximate surface area is 125 Å². The van der Waals surface area contributed by atoms with Crippen LogP contribution in [0.15, 0.2) is 18.6 Å². The maximum Gasteiger partial charge on any atom is 0.240 e. The highest BCUT2D eigenvalue weighted by Gasteiger charge is 2.30. The van der Waals surface area contributed by atoms with Gasteiger partial charge in [0.05, 0.1) is 5.39 Å². The van der Waals surface area contributed by atoms with E-state index in [1.54, 1.807) is 6.20 Å². The summed E-state index contributed by atoms with van der Waals surface area (Å²) in [5.41, 5.74) is 6.71. The van der Waals surface area contributed by atoms with Gasteiger partial charge in [0.1, 0.15) is 18.2 Å². The van der Waals surface area contributed by atoms with Gasteiger partial charge in [-0.05, 0) is 25.3 Å². The van der Waals surface area contributed by atoms with Crippen LogP contribution in [-0.2, 0) is 4.79 Å². The molecule has 0 bridgehead atoms. The highest BCUT2D eigenvalue weighted by atomic mass is 16.1. The Hall–Kier alpha value is -2.77. The minimum Gasteiger partial charge on any atom is -0.368 e. The molecular formula is C14H14N7O. The zero-order chi connectivity index (χ0) is 15.1. The zero-order valence-corrected chi connectivity index (χ0v) is 11.7. The van der Waals surface area contributed by atoms with Crippen LogP contribution in [0.2, 0.25) is 0 Å². The Morgan fingerprint density at radius 2 is 2.27 bits per heavy atom. The summed E-state index contributed by atoms with van der Waals surface area (Å²) < 4.78 is 0. The monoisotopic (exact) mass is 296 g/mol. The van der Waals surface area contributed by atoms with Crippen molar-refractivity contribution in [1.82, 2.24) is 25.1 Å². The average molecular weight is 296 g/mol. The number of anilines is 1. The minimum absolute atomic E-state index is 0.376. The molecule has 3 aromatic rings. The lowest BCUT2D eigenvalue weighted by Gasteiger charge is -2.34. The van der Waals surface area contributed by atoms with Crippen molar-refractivity contribution in [3.8, 4) is 0 Å². The molecule has 1 amide bonds. The van der Waals surface area contributed by atoms with E-state index in [0.29, 0.717) is 23.7 Å². The fourth-order valence-corrected chi connectivity index (χ4v) is 2.96. The van der Waals surface area contributed by atoms with E-state index in [1.807, 2.05) is 17.4 Å². The third-order valence-electron chi connectivity index (χ3n) is 3.94. The second kappa shape index (κ2) is 4.90. The topological polar surface area (TPSA) is 114 Å². The maximum absolute atomic E-state index is 11.8. The molecule has 4 rings (SSSR count). The Bertz CT molecular complexity index is 859. The van der Waals surface area contributed by atoms with Crippen LogP contribution < -0.4 is 10.6 Å². The number of aromatic nitrogens is 5. The quantitative estimate of drug-likeness (QED) is 0.714. The minimum atomic E-state index is -0.464. The van der Waals surface area contributed by atoms with Gasteiger partial charge in [-0.25, -0.2) is 9.97 Å². The van der Waals surface area contributed by atoms with Crippen molar-refractivity contribution in [3.63, 3.8) is 0 Å². The lowest BCUT2D eigenvalue weighted by Crippen LogP contribution is -2.48. The van der Waals surface area contributed by atoms with E-state index in [-0.39, 0.29) is 5.91 Å². The van der Waals surface area contributed by atoms with E-state index < -0.39 is 6.04 Å². The highest BCUT2D eigenvalue weighted by molar-refractivity contribution is 6.08. The third-order valence-corrected chi connectivity index (χ3v) is 3.94. The summed E-state index contributed by atoms with van der Waals surface area (Å²) in [6.07, 6.45) is 6.99. The van der Waals surface area contributed by atoms with Gasteiger partial charge in [-0.15, -0.1) is 10.2 Å². The van der Waals surface area contributed by atoms with E-state index in [9.17, 15) is 4.79 Å². The predicted molar refractivity (Wildman–Crippen MR) is 80.8 cm³/mol. The van der Waals surface area contributed by atoms with Gasteiger partial charge in [-0.2, -0.15) is 0 Å². The van der Waals surface area contributed by atoms with Gasteiger partial charge < -0.3 is 15.6 Å². The molecule has 0 saturated carbocycles. The van der Waals surface area contributed by atoms with Crippen LogP contribution in [0.25, 0.3) is 22.1 Å². The van der Waals surface area contributed by atoms with E-state index >= 15 is 0 Å². The molecular weight excluding hydrogens is 282 g/mol. The number of fused-ring (bicyclic) bond motifs is 3. The summed E-state index contributed by atoms with van der Waals surface area (Å²) in [6, 6.07) is 1.44. The Balaban J connectivity index is 1.97. The van der Waals surface area contributed by atoms with Crippen LogP contribution in [0.1, 0.15) is 12.8 Å². The fraction of sp³-hybridized carbons (Fsp3) is 0.286. The first kappa shape index (κ1) is 12.9. The number of H-pyrrole nitrogens is 1. The molecule has 3 aromatic heterocycles. The van der Waals surface area contributed by atoms with Crippen molar-refractivity contribution in [1.29, 1.82) is 0 Å². The van der Waals surface area contributed by atoms with Gasteiger partial charge in [0.15, 0.2) is 11.3 Å². The molecule has 8 heteroatoms. The SMILES string of the molecule is NC(=O)C1[CH]CCCN1c1ncnc2nnc3[nH]ccc3c12. The van der Waals surface area contributed by atoms with Crippen LogP contribution in [0.3, 0.4) is 0 Å². The highest BCUT2D eigenvalue weighted by Crippen LogP contribution is 2.31. The zero-order valence-electron chi connectivity index (χ0n) is 11.7. The number of nitrogens with zero attached hydrogens (tertiary/aromatic N) is 5. The van der Waals surface area contributed by atoms with Gasteiger partial charge >= 0.3 is 0 Å². The first-order chi connectivity index (χ1) is 10.8. The van der Waals surface area contributed by atoms with E-state index in [2.05, 4.69) is 25.1 Å². The van der Waals surface area contributed by atoms with Gasteiger partial charge in [-0.1, -0.05) is 0 Å². The van der Waals surface area contributed by atoms with Crippen molar-refractivity contribution in [2.24, 2.45) is 5.73 Å². The van der Waals surface area contributed by atoms with E-state index in [0.717, 1.165) is 23.6 Å². The van der Waals surface area contributed by atoms with Gasteiger partial charge in [0.2, 0.25) is 5.91 Å². The van der Waals surface area contributed by atoms with Crippen LogP contribution >= 0.6 is 0 Å². The predicted octanol–water partition coefficient (Wildman–Crippen LogP) is 0.559. The summed E-state index contributed by atoms with van der Waals surface area (Å²) >= 11 is 0. The van der Waals surface area contributed by atoms with Crippen molar-refractivity contribution < 1.29 is 4.79 Å². The maximum atomic E-state index is 11.8. The molecule has 1 unspecified atom stereocenters.